The van der Waals surface area contributed by atoms with Gasteiger partial charge in [0, 0.05) is 11.5 Å². The van der Waals surface area contributed by atoms with Crippen LogP contribution >= 0.6 is 0 Å². The number of hydrogen-bond acceptors (Lipinski definition) is 4. The molecule has 2 atom stereocenters. The van der Waals surface area contributed by atoms with Gasteiger partial charge < -0.3 is 9.57 Å². The minimum absolute atomic E-state index is 0.131. The van der Waals surface area contributed by atoms with Gasteiger partial charge in [-0.15, -0.1) is 0 Å². The highest BCUT2D eigenvalue weighted by atomic mass is 16.7. The number of rotatable bonds is 1. The standard InChI is InChI=1S/C18H15NO3/c1-11-6-8-12(9-7-11)16-13-4-2-3-5-15(13)21-10-14-17(16)18(20)22-19-14/h2-9,16-17H,10H2,1H3. The lowest BCUT2D eigenvalue weighted by Gasteiger charge is -2.21. The first-order valence-corrected chi connectivity index (χ1v) is 7.30. The fraction of sp³-hybridized carbons (Fsp3) is 0.222. The summed E-state index contributed by atoms with van der Waals surface area (Å²) in [6.45, 7) is 2.33. The highest BCUT2D eigenvalue weighted by Gasteiger charge is 2.43. The van der Waals surface area contributed by atoms with Gasteiger partial charge in [-0.2, -0.15) is 0 Å². The summed E-state index contributed by atoms with van der Waals surface area (Å²) >= 11 is 0. The summed E-state index contributed by atoms with van der Waals surface area (Å²) in [4.78, 5) is 17.1. The molecule has 2 aliphatic rings. The highest BCUT2D eigenvalue weighted by Crippen LogP contribution is 2.42. The summed E-state index contributed by atoms with van der Waals surface area (Å²) in [5.41, 5.74) is 3.91. The molecule has 0 fully saturated rings. The average Bonchev–Trinajstić information content (AvgIpc) is 2.80. The molecule has 0 radical (unpaired) electrons. The van der Waals surface area contributed by atoms with Crippen LogP contribution in [0.15, 0.2) is 53.7 Å². The van der Waals surface area contributed by atoms with Crippen LogP contribution in [0.5, 0.6) is 5.75 Å². The summed E-state index contributed by atoms with van der Waals surface area (Å²) in [6.07, 6.45) is 0. The summed E-state index contributed by atoms with van der Waals surface area (Å²) < 4.78 is 5.82. The third kappa shape index (κ3) is 1.99. The molecule has 0 saturated heterocycles. The Morgan fingerprint density at radius 3 is 2.64 bits per heavy atom. The molecule has 0 saturated carbocycles. The van der Waals surface area contributed by atoms with Gasteiger partial charge in [-0.25, -0.2) is 4.79 Å². The molecule has 2 unspecified atom stereocenters. The van der Waals surface area contributed by atoms with E-state index in [2.05, 4.69) is 29.4 Å². The second-order valence-electron chi connectivity index (χ2n) is 5.69. The van der Waals surface area contributed by atoms with Gasteiger partial charge in [-0.3, -0.25) is 0 Å². The smallest absolute Gasteiger partial charge is 0.344 e. The Bertz CT molecular complexity index is 764. The number of carbonyl (C=O) groups is 1. The first-order chi connectivity index (χ1) is 10.7. The van der Waals surface area contributed by atoms with Gasteiger partial charge in [0.1, 0.15) is 24.0 Å². The van der Waals surface area contributed by atoms with Crippen LogP contribution in [0.2, 0.25) is 0 Å². The maximum atomic E-state index is 12.2. The quantitative estimate of drug-likeness (QED) is 0.759. The van der Waals surface area contributed by atoms with Crippen molar-refractivity contribution in [3.63, 3.8) is 0 Å². The number of para-hydroxylation sites is 1. The molecule has 0 spiro atoms. The Hall–Kier alpha value is -2.62. The molecule has 2 aromatic carbocycles. The molecular weight excluding hydrogens is 278 g/mol. The monoisotopic (exact) mass is 293 g/mol. The van der Waals surface area contributed by atoms with Crippen LogP contribution in [-0.2, 0) is 9.63 Å². The summed E-state index contributed by atoms with van der Waals surface area (Å²) in [5.74, 6) is -0.0433. The van der Waals surface area contributed by atoms with E-state index in [9.17, 15) is 4.79 Å². The number of carbonyl (C=O) groups excluding carboxylic acids is 1. The molecular formula is C18H15NO3. The van der Waals surface area contributed by atoms with Gasteiger partial charge in [0.25, 0.3) is 0 Å². The van der Waals surface area contributed by atoms with Crippen LogP contribution in [0.4, 0.5) is 0 Å². The van der Waals surface area contributed by atoms with E-state index >= 15 is 0 Å². The molecule has 0 amide bonds. The molecule has 4 rings (SSSR count). The van der Waals surface area contributed by atoms with Crippen LogP contribution in [-0.4, -0.2) is 18.3 Å². The van der Waals surface area contributed by atoms with E-state index in [1.807, 2.05) is 31.2 Å². The van der Waals surface area contributed by atoms with E-state index in [0.29, 0.717) is 5.71 Å². The van der Waals surface area contributed by atoms with Crippen molar-refractivity contribution < 1.29 is 14.4 Å². The minimum atomic E-state index is -0.411. The predicted octanol–water partition coefficient (Wildman–Crippen LogP) is 3.05. The fourth-order valence-electron chi connectivity index (χ4n) is 3.14. The van der Waals surface area contributed by atoms with E-state index in [1.165, 1.54) is 5.56 Å². The Morgan fingerprint density at radius 2 is 1.82 bits per heavy atom. The van der Waals surface area contributed by atoms with E-state index in [4.69, 9.17) is 9.57 Å². The van der Waals surface area contributed by atoms with Crippen LogP contribution in [0, 0.1) is 12.8 Å². The van der Waals surface area contributed by atoms with Gasteiger partial charge >= 0.3 is 5.97 Å². The Morgan fingerprint density at radius 1 is 1.05 bits per heavy atom. The van der Waals surface area contributed by atoms with Crippen molar-refractivity contribution in [2.75, 3.05) is 6.61 Å². The van der Waals surface area contributed by atoms with Gasteiger partial charge in [0.2, 0.25) is 0 Å². The summed E-state index contributed by atoms with van der Waals surface area (Å²) in [6, 6.07) is 16.1. The minimum Gasteiger partial charge on any atom is -0.487 e. The van der Waals surface area contributed by atoms with Gasteiger partial charge in [-0.05, 0) is 18.6 Å². The lowest BCUT2D eigenvalue weighted by molar-refractivity contribution is -0.143. The summed E-state index contributed by atoms with van der Waals surface area (Å²) in [5, 5.41) is 3.92. The van der Waals surface area contributed by atoms with Crippen molar-refractivity contribution in [1.82, 2.24) is 0 Å². The van der Waals surface area contributed by atoms with Crippen LogP contribution in [0.3, 0.4) is 0 Å². The first kappa shape index (κ1) is 13.1. The number of oxime groups is 1. The second kappa shape index (κ2) is 4.98. The van der Waals surface area contributed by atoms with Crippen molar-refractivity contribution in [1.29, 1.82) is 0 Å². The number of nitrogens with zero attached hydrogens (tertiary/aromatic N) is 1. The van der Waals surface area contributed by atoms with Gasteiger partial charge in [-0.1, -0.05) is 53.2 Å². The normalized spacial score (nSPS) is 22.8. The molecule has 0 bridgehead atoms. The van der Waals surface area contributed by atoms with E-state index in [1.54, 1.807) is 0 Å². The molecule has 0 aromatic heterocycles. The lowest BCUT2D eigenvalue weighted by Crippen LogP contribution is -2.27. The number of aryl methyl sites for hydroxylation is 1. The van der Waals surface area contributed by atoms with Crippen molar-refractivity contribution in [3.8, 4) is 5.75 Å². The average molecular weight is 293 g/mol. The number of hydrogen-bond donors (Lipinski definition) is 0. The Kier molecular flexibility index (Phi) is 2.96. The van der Waals surface area contributed by atoms with E-state index in [-0.39, 0.29) is 18.5 Å². The van der Waals surface area contributed by atoms with Gasteiger partial charge in [0.15, 0.2) is 0 Å². The molecule has 4 heteroatoms. The third-order valence-corrected chi connectivity index (χ3v) is 4.27. The molecule has 2 heterocycles. The Labute approximate surface area is 128 Å². The molecule has 2 aliphatic heterocycles. The SMILES string of the molecule is Cc1ccc(C2c3ccccc3OCC3=NOC(=O)C32)cc1. The first-order valence-electron chi connectivity index (χ1n) is 7.30. The second-order valence-corrected chi connectivity index (χ2v) is 5.69. The van der Waals surface area contributed by atoms with Crippen molar-refractivity contribution >= 4 is 11.7 Å². The van der Waals surface area contributed by atoms with E-state index < -0.39 is 5.92 Å². The maximum absolute atomic E-state index is 12.2. The van der Waals surface area contributed by atoms with Crippen molar-refractivity contribution in [3.05, 3.63) is 65.2 Å². The fourth-order valence-corrected chi connectivity index (χ4v) is 3.14. The van der Waals surface area contributed by atoms with Gasteiger partial charge in [0.05, 0.1) is 0 Å². The highest BCUT2D eigenvalue weighted by molar-refractivity contribution is 6.07. The zero-order chi connectivity index (χ0) is 15.1. The van der Waals surface area contributed by atoms with Crippen LogP contribution in [0.25, 0.3) is 0 Å². The molecule has 110 valence electrons. The number of benzene rings is 2. The van der Waals surface area contributed by atoms with Crippen LogP contribution in [0.1, 0.15) is 22.6 Å². The van der Waals surface area contributed by atoms with E-state index in [0.717, 1.165) is 16.9 Å². The predicted molar refractivity (Wildman–Crippen MR) is 82.0 cm³/mol. The summed E-state index contributed by atoms with van der Waals surface area (Å²) in [7, 11) is 0. The zero-order valence-electron chi connectivity index (χ0n) is 12.2. The van der Waals surface area contributed by atoms with Crippen LogP contribution < -0.4 is 4.74 Å². The molecule has 2 aromatic rings. The molecule has 0 N–H and O–H groups in total. The van der Waals surface area contributed by atoms with Crippen molar-refractivity contribution in [2.45, 2.75) is 12.8 Å². The maximum Gasteiger partial charge on any atom is 0.344 e. The van der Waals surface area contributed by atoms with Crippen molar-refractivity contribution in [2.24, 2.45) is 11.1 Å². The molecule has 0 aliphatic carbocycles. The number of fused-ring (bicyclic) bond motifs is 2. The molecule has 4 nitrogen and oxygen atoms in total. The third-order valence-electron chi connectivity index (χ3n) is 4.27. The lowest BCUT2D eigenvalue weighted by atomic mass is 9.78. The Balaban J connectivity index is 1.91. The number of ether oxygens (including phenoxy) is 1. The zero-order valence-corrected chi connectivity index (χ0v) is 12.2. The molecule has 22 heavy (non-hydrogen) atoms. The largest absolute Gasteiger partial charge is 0.487 e. The topological polar surface area (TPSA) is 47.9 Å².